The van der Waals surface area contributed by atoms with Crippen LogP contribution in [-0.2, 0) is 4.79 Å². The molecule has 2 rings (SSSR count). The van der Waals surface area contributed by atoms with Gasteiger partial charge < -0.3 is 9.64 Å². The van der Waals surface area contributed by atoms with Crippen LogP contribution in [0.25, 0.3) is 0 Å². The Morgan fingerprint density at radius 2 is 2.24 bits per heavy atom. The minimum atomic E-state index is -0.0115. The molecule has 1 aromatic carbocycles. The maximum Gasteiger partial charge on any atom is 0.251 e. The van der Waals surface area contributed by atoms with E-state index in [1.54, 1.807) is 17.9 Å². The largest absolute Gasteiger partial charge is 0.479 e. The number of anilines is 1. The normalized spacial score (nSPS) is 13.5. The number of amides is 1. The molecule has 0 aliphatic carbocycles. The van der Waals surface area contributed by atoms with Gasteiger partial charge in [0.2, 0.25) is 0 Å². The second-order valence-corrected chi connectivity index (χ2v) is 3.53. The van der Waals surface area contributed by atoms with Gasteiger partial charge in [-0.1, -0.05) is 24.1 Å². The monoisotopic (exact) mass is 227 g/mol. The van der Waals surface area contributed by atoms with Crippen molar-refractivity contribution in [3.05, 3.63) is 36.4 Å². The van der Waals surface area contributed by atoms with E-state index >= 15 is 0 Å². The molecule has 0 saturated carbocycles. The zero-order valence-electron chi connectivity index (χ0n) is 9.64. The lowest BCUT2D eigenvalue weighted by Gasteiger charge is -2.18. The molecule has 0 atom stereocenters. The van der Waals surface area contributed by atoms with Gasteiger partial charge in [-0.05, 0) is 19.1 Å². The highest BCUT2D eigenvalue weighted by Crippen LogP contribution is 2.29. The van der Waals surface area contributed by atoms with Gasteiger partial charge in [-0.3, -0.25) is 4.79 Å². The smallest absolute Gasteiger partial charge is 0.251 e. The van der Waals surface area contributed by atoms with E-state index in [1.807, 2.05) is 30.3 Å². The molecule has 0 N–H and O–H groups in total. The molecule has 0 radical (unpaired) electrons. The molecule has 86 valence electrons. The molecular weight excluding hydrogens is 214 g/mol. The zero-order chi connectivity index (χ0) is 12.1. The van der Waals surface area contributed by atoms with Gasteiger partial charge in [0.05, 0.1) is 5.69 Å². The van der Waals surface area contributed by atoms with Crippen molar-refractivity contribution < 1.29 is 9.53 Å². The lowest BCUT2D eigenvalue weighted by atomic mass is 10.2. The Bertz CT molecular complexity index is 508. The Labute approximate surface area is 101 Å². The fraction of sp³-hybridized carbons (Fsp3) is 0.214. The Hall–Kier alpha value is -2.21. The number of carbonyl (C=O) groups excluding carboxylic acids is 1. The van der Waals surface area contributed by atoms with Gasteiger partial charge in [0.15, 0.2) is 0 Å². The Morgan fingerprint density at radius 3 is 2.94 bits per heavy atom. The van der Waals surface area contributed by atoms with E-state index < -0.39 is 0 Å². The standard InChI is InChI=1S/C14H13NO2/c1-2-3-11-17-13-8-5-4-7-12(13)15-10-6-9-14(15)16/h4-9H,10-11H2,1H3. The molecule has 0 saturated heterocycles. The molecule has 17 heavy (non-hydrogen) atoms. The minimum Gasteiger partial charge on any atom is -0.479 e. The summed E-state index contributed by atoms with van der Waals surface area (Å²) in [7, 11) is 0. The van der Waals surface area contributed by atoms with Crippen LogP contribution in [0.15, 0.2) is 36.4 Å². The zero-order valence-corrected chi connectivity index (χ0v) is 9.64. The van der Waals surface area contributed by atoms with Crippen LogP contribution >= 0.6 is 0 Å². The number of hydrogen-bond acceptors (Lipinski definition) is 2. The summed E-state index contributed by atoms with van der Waals surface area (Å²) in [6.45, 7) is 2.70. The van der Waals surface area contributed by atoms with Crippen LogP contribution in [0.5, 0.6) is 5.75 Å². The van der Waals surface area contributed by atoms with Gasteiger partial charge in [0.25, 0.3) is 5.91 Å². The van der Waals surface area contributed by atoms with Gasteiger partial charge in [-0.25, -0.2) is 0 Å². The highest BCUT2D eigenvalue weighted by molar-refractivity contribution is 6.04. The quantitative estimate of drug-likeness (QED) is 0.739. The molecule has 0 unspecified atom stereocenters. The summed E-state index contributed by atoms with van der Waals surface area (Å²) in [4.78, 5) is 13.3. The van der Waals surface area contributed by atoms with Crippen LogP contribution in [0.3, 0.4) is 0 Å². The molecule has 1 amide bonds. The average Bonchev–Trinajstić information content (AvgIpc) is 2.76. The first-order chi connectivity index (χ1) is 8.33. The summed E-state index contributed by atoms with van der Waals surface area (Å²) in [5.41, 5.74) is 0.792. The first-order valence-electron chi connectivity index (χ1n) is 5.42. The SMILES string of the molecule is CC#CCOc1ccccc1N1CC=CC1=O. The fourth-order valence-corrected chi connectivity index (χ4v) is 1.64. The molecule has 3 heteroatoms. The van der Waals surface area contributed by atoms with Crippen molar-refractivity contribution in [2.75, 3.05) is 18.1 Å². The van der Waals surface area contributed by atoms with Gasteiger partial charge in [0.1, 0.15) is 12.4 Å². The summed E-state index contributed by atoms with van der Waals surface area (Å²) in [6.07, 6.45) is 3.41. The Kier molecular flexibility index (Phi) is 3.46. The number of para-hydroxylation sites is 2. The van der Waals surface area contributed by atoms with Gasteiger partial charge in [-0.2, -0.15) is 0 Å². The number of hydrogen-bond donors (Lipinski definition) is 0. The predicted molar refractivity (Wildman–Crippen MR) is 66.9 cm³/mol. The third-order valence-electron chi connectivity index (χ3n) is 2.45. The number of nitrogens with zero attached hydrogens (tertiary/aromatic N) is 1. The summed E-state index contributed by atoms with van der Waals surface area (Å²) in [5, 5.41) is 0. The topological polar surface area (TPSA) is 29.5 Å². The van der Waals surface area contributed by atoms with Crippen molar-refractivity contribution in [2.45, 2.75) is 6.92 Å². The van der Waals surface area contributed by atoms with Crippen molar-refractivity contribution >= 4 is 11.6 Å². The van der Waals surface area contributed by atoms with Crippen molar-refractivity contribution in [1.29, 1.82) is 0 Å². The second kappa shape index (κ2) is 5.22. The summed E-state index contributed by atoms with van der Waals surface area (Å²) in [5.74, 6) is 6.28. The van der Waals surface area contributed by atoms with E-state index in [0.29, 0.717) is 18.9 Å². The lowest BCUT2D eigenvalue weighted by Crippen LogP contribution is -2.25. The molecule has 0 bridgehead atoms. The molecule has 1 aliphatic rings. The van der Waals surface area contributed by atoms with Crippen molar-refractivity contribution in [3.63, 3.8) is 0 Å². The van der Waals surface area contributed by atoms with Gasteiger partial charge in [-0.15, -0.1) is 5.92 Å². The highest BCUT2D eigenvalue weighted by atomic mass is 16.5. The van der Waals surface area contributed by atoms with Gasteiger partial charge in [0, 0.05) is 12.6 Å². The maximum absolute atomic E-state index is 11.6. The molecule has 0 aromatic heterocycles. The Balaban J connectivity index is 2.20. The fourth-order valence-electron chi connectivity index (χ4n) is 1.64. The third-order valence-corrected chi connectivity index (χ3v) is 2.45. The Morgan fingerprint density at radius 1 is 1.41 bits per heavy atom. The van der Waals surface area contributed by atoms with Crippen molar-refractivity contribution in [3.8, 4) is 17.6 Å². The number of benzene rings is 1. The third kappa shape index (κ3) is 2.48. The van der Waals surface area contributed by atoms with E-state index in [0.717, 1.165) is 5.69 Å². The van der Waals surface area contributed by atoms with E-state index in [-0.39, 0.29) is 5.91 Å². The van der Waals surface area contributed by atoms with Crippen LogP contribution in [0.4, 0.5) is 5.69 Å². The molecule has 0 spiro atoms. The van der Waals surface area contributed by atoms with Crippen molar-refractivity contribution in [1.82, 2.24) is 0 Å². The van der Waals surface area contributed by atoms with Gasteiger partial charge >= 0.3 is 0 Å². The second-order valence-electron chi connectivity index (χ2n) is 3.53. The van der Waals surface area contributed by atoms with E-state index in [1.165, 1.54) is 0 Å². The molecule has 1 aromatic rings. The minimum absolute atomic E-state index is 0.0115. The van der Waals surface area contributed by atoms with Crippen LogP contribution in [0.2, 0.25) is 0 Å². The van der Waals surface area contributed by atoms with Crippen LogP contribution in [0.1, 0.15) is 6.92 Å². The number of rotatable bonds is 3. The maximum atomic E-state index is 11.6. The number of ether oxygens (including phenoxy) is 1. The molecule has 0 fully saturated rings. The lowest BCUT2D eigenvalue weighted by molar-refractivity contribution is -0.113. The molecular formula is C14H13NO2. The van der Waals surface area contributed by atoms with Crippen molar-refractivity contribution in [2.24, 2.45) is 0 Å². The summed E-state index contributed by atoms with van der Waals surface area (Å²) < 4.78 is 5.54. The number of carbonyl (C=O) groups is 1. The molecule has 1 aliphatic heterocycles. The van der Waals surface area contributed by atoms with Crippen LogP contribution < -0.4 is 9.64 Å². The first-order valence-corrected chi connectivity index (χ1v) is 5.42. The van der Waals surface area contributed by atoms with E-state index in [4.69, 9.17) is 4.74 Å². The summed E-state index contributed by atoms with van der Waals surface area (Å²) >= 11 is 0. The van der Waals surface area contributed by atoms with E-state index in [9.17, 15) is 4.79 Å². The first kappa shape index (κ1) is 11.3. The summed E-state index contributed by atoms with van der Waals surface area (Å²) in [6, 6.07) is 7.49. The van der Waals surface area contributed by atoms with E-state index in [2.05, 4.69) is 11.8 Å². The average molecular weight is 227 g/mol. The van der Waals surface area contributed by atoms with Crippen LogP contribution in [0, 0.1) is 11.8 Å². The molecule has 3 nitrogen and oxygen atoms in total. The predicted octanol–water partition coefficient (Wildman–Crippen LogP) is 1.99. The van der Waals surface area contributed by atoms with Crippen LogP contribution in [-0.4, -0.2) is 19.1 Å². The highest BCUT2D eigenvalue weighted by Gasteiger charge is 2.19. The molecule has 1 heterocycles.